The van der Waals surface area contributed by atoms with E-state index in [4.69, 9.17) is 0 Å². The van der Waals surface area contributed by atoms with E-state index in [0.717, 1.165) is 10.0 Å². The molecule has 0 aliphatic carbocycles. The smallest absolute Gasteiger partial charge is 0.258 e. The van der Waals surface area contributed by atoms with Gasteiger partial charge in [-0.1, -0.05) is 45.8 Å². The van der Waals surface area contributed by atoms with Crippen LogP contribution in [-0.2, 0) is 0 Å². The molecule has 0 spiro atoms. The molecule has 6 heteroatoms. The largest absolute Gasteiger partial charge is 0.289 e. The second-order valence-electron chi connectivity index (χ2n) is 4.83. The molecule has 0 saturated carbocycles. The first kappa shape index (κ1) is 14.5. The predicted molar refractivity (Wildman–Crippen MR) is 88.7 cm³/mol. The normalized spacial score (nSPS) is 10.5. The average molecular weight is 357 g/mol. The van der Waals surface area contributed by atoms with E-state index in [9.17, 15) is 4.79 Å². The number of carbonyl (C=O) groups is 1. The van der Waals surface area contributed by atoms with E-state index in [-0.39, 0.29) is 11.9 Å². The standard InChI is InChI=1S/C16H13BrN4O/c1-10-2-4-11(5-3-10)14-18-16(21-20-14)19-15(22)12-6-8-13(17)9-7-12/h2-9H,1H3,(H2,18,19,20,21,22). The van der Waals surface area contributed by atoms with Crippen molar-refractivity contribution in [3.8, 4) is 11.4 Å². The number of H-pyrrole nitrogens is 1. The summed E-state index contributed by atoms with van der Waals surface area (Å²) >= 11 is 3.33. The number of amides is 1. The molecular weight excluding hydrogens is 344 g/mol. The van der Waals surface area contributed by atoms with E-state index in [1.165, 1.54) is 5.56 Å². The van der Waals surface area contributed by atoms with Crippen LogP contribution in [0.1, 0.15) is 15.9 Å². The van der Waals surface area contributed by atoms with Crippen LogP contribution in [0, 0.1) is 6.92 Å². The summed E-state index contributed by atoms with van der Waals surface area (Å²) in [5.41, 5.74) is 2.64. The molecule has 3 aromatic rings. The Labute approximate surface area is 135 Å². The first-order chi connectivity index (χ1) is 10.6. The van der Waals surface area contributed by atoms with Gasteiger partial charge >= 0.3 is 0 Å². The van der Waals surface area contributed by atoms with Crippen molar-refractivity contribution in [2.75, 3.05) is 5.32 Å². The summed E-state index contributed by atoms with van der Waals surface area (Å²) in [5, 5.41) is 9.52. The summed E-state index contributed by atoms with van der Waals surface area (Å²) in [7, 11) is 0. The molecule has 3 rings (SSSR count). The van der Waals surface area contributed by atoms with Crippen LogP contribution >= 0.6 is 15.9 Å². The number of halogens is 1. The molecule has 0 bridgehead atoms. The lowest BCUT2D eigenvalue weighted by Crippen LogP contribution is -2.12. The van der Waals surface area contributed by atoms with Gasteiger partial charge in [-0.25, -0.2) is 0 Å². The summed E-state index contributed by atoms with van der Waals surface area (Å²) in [4.78, 5) is 16.4. The molecule has 0 saturated heterocycles. The Morgan fingerprint density at radius 1 is 1.09 bits per heavy atom. The maximum Gasteiger partial charge on any atom is 0.258 e. The van der Waals surface area contributed by atoms with Crippen LogP contribution in [0.25, 0.3) is 11.4 Å². The molecule has 1 heterocycles. The number of nitrogens with one attached hydrogen (secondary N) is 2. The third-order valence-electron chi connectivity index (χ3n) is 3.14. The molecule has 22 heavy (non-hydrogen) atoms. The van der Waals surface area contributed by atoms with Crippen molar-refractivity contribution in [3.05, 3.63) is 64.1 Å². The Hall–Kier alpha value is -2.47. The zero-order chi connectivity index (χ0) is 15.5. The van der Waals surface area contributed by atoms with E-state index < -0.39 is 0 Å². The fourth-order valence-electron chi connectivity index (χ4n) is 1.93. The Balaban J connectivity index is 1.75. The minimum Gasteiger partial charge on any atom is -0.289 e. The van der Waals surface area contributed by atoms with Gasteiger partial charge in [0.1, 0.15) is 0 Å². The molecule has 1 amide bonds. The van der Waals surface area contributed by atoms with Gasteiger partial charge in [0, 0.05) is 15.6 Å². The zero-order valence-electron chi connectivity index (χ0n) is 11.8. The van der Waals surface area contributed by atoms with E-state index in [1.807, 2.05) is 43.3 Å². The van der Waals surface area contributed by atoms with Gasteiger partial charge < -0.3 is 0 Å². The lowest BCUT2D eigenvalue weighted by Gasteiger charge is -2.00. The van der Waals surface area contributed by atoms with Crippen molar-refractivity contribution < 1.29 is 4.79 Å². The summed E-state index contributed by atoms with van der Waals surface area (Å²) in [5.74, 6) is 0.622. The third-order valence-corrected chi connectivity index (χ3v) is 3.67. The SMILES string of the molecule is Cc1ccc(-c2nc(NC(=O)c3ccc(Br)cc3)n[nH]2)cc1. The van der Waals surface area contributed by atoms with Crippen molar-refractivity contribution in [1.29, 1.82) is 0 Å². The molecule has 0 fully saturated rings. The lowest BCUT2D eigenvalue weighted by atomic mass is 10.1. The Bertz CT molecular complexity index is 794. The van der Waals surface area contributed by atoms with Crippen LogP contribution in [0.2, 0.25) is 0 Å². The molecule has 110 valence electrons. The average Bonchev–Trinajstić information content (AvgIpc) is 2.97. The number of rotatable bonds is 3. The monoisotopic (exact) mass is 356 g/mol. The first-order valence-corrected chi connectivity index (χ1v) is 7.47. The molecule has 1 aromatic heterocycles. The molecule has 0 unspecified atom stereocenters. The molecule has 5 nitrogen and oxygen atoms in total. The van der Waals surface area contributed by atoms with E-state index >= 15 is 0 Å². The summed E-state index contributed by atoms with van der Waals surface area (Å²) in [6, 6.07) is 15.0. The number of carbonyl (C=O) groups excluding carboxylic acids is 1. The van der Waals surface area contributed by atoms with Crippen LogP contribution in [-0.4, -0.2) is 21.1 Å². The van der Waals surface area contributed by atoms with Crippen LogP contribution < -0.4 is 5.32 Å². The van der Waals surface area contributed by atoms with Crippen LogP contribution in [0.4, 0.5) is 5.95 Å². The topological polar surface area (TPSA) is 70.7 Å². The first-order valence-electron chi connectivity index (χ1n) is 6.68. The van der Waals surface area contributed by atoms with Crippen molar-refractivity contribution >= 4 is 27.8 Å². The number of hydrogen-bond acceptors (Lipinski definition) is 3. The van der Waals surface area contributed by atoms with Gasteiger partial charge in [0.25, 0.3) is 5.91 Å². The van der Waals surface area contributed by atoms with Crippen LogP contribution in [0.3, 0.4) is 0 Å². The van der Waals surface area contributed by atoms with E-state index in [2.05, 4.69) is 36.4 Å². The van der Waals surface area contributed by atoms with Crippen LogP contribution in [0.15, 0.2) is 53.0 Å². The number of anilines is 1. The van der Waals surface area contributed by atoms with Crippen molar-refractivity contribution in [2.24, 2.45) is 0 Å². The highest BCUT2D eigenvalue weighted by molar-refractivity contribution is 9.10. The van der Waals surface area contributed by atoms with Crippen molar-refractivity contribution in [1.82, 2.24) is 15.2 Å². The predicted octanol–water partition coefficient (Wildman–Crippen LogP) is 3.79. The Kier molecular flexibility index (Phi) is 4.02. The summed E-state index contributed by atoms with van der Waals surface area (Å²) in [6.07, 6.45) is 0. The van der Waals surface area contributed by atoms with E-state index in [1.54, 1.807) is 12.1 Å². The van der Waals surface area contributed by atoms with Gasteiger partial charge in [-0.05, 0) is 31.2 Å². The summed E-state index contributed by atoms with van der Waals surface area (Å²) < 4.78 is 0.920. The minimum absolute atomic E-state index is 0.248. The molecule has 0 aliphatic rings. The van der Waals surface area contributed by atoms with Crippen molar-refractivity contribution in [2.45, 2.75) is 6.92 Å². The highest BCUT2D eigenvalue weighted by Crippen LogP contribution is 2.17. The lowest BCUT2D eigenvalue weighted by molar-refractivity contribution is 0.102. The molecule has 0 atom stereocenters. The van der Waals surface area contributed by atoms with Gasteiger partial charge in [-0.15, -0.1) is 5.10 Å². The van der Waals surface area contributed by atoms with Gasteiger partial charge in [0.15, 0.2) is 5.82 Å². The van der Waals surface area contributed by atoms with Gasteiger partial charge in [0.2, 0.25) is 5.95 Å². The molecule has 0 radical (unpaired) electrons. The second kappa shape index (κ2) is 6.11. The van der Waals surface area contributed by atoms with Crippen molar-refractivity contribution in [3.63, 3.8) is 0 Å². The number of aromatic nitrogens is 3. The number of hydrogen-bond donors (Lipinski definition) is 2. The van der Waals surface area contributed by atoms with E-state index in [0.29, 0.717) is 11.4 Å². The van der Waals surface area contributed by atoms with Gasteiger partial charge in [-0.3, -0.25) is 15.2 Å². The fraction of sp³-hybridized carbons (Fsp3) is 0.0625. The Morgan fingerprint density at radius 3 is 2.45 bits per heavy atom. The molecule has 0 aliphatic heterocycles. The fourth-order valence-corrected chi connectivity index (χ4v) is 2.20. The molecular formula is C16H13BrN4O. The highest BCUT2D eigenvalue weighted by atomic mass is 79.9. The number of nitrogens with zero attached hydrogens (tertiary/aromatic N) is 2. The molecule has 2 N–H and O–H groups in total. The minimum atomic E-state index is -0.248. The van der Waals surface area contributed by atoms with Crippen LogP contribution in [0.5, 0.6) is 0 Å². The Morgan fingerprint density at radius 2 is 1.77 bits per heavy atom. The van der Waals surface area contributed by atoms with Gasteiger partial charge in [-0.2, -0.15) is 4.98 Å². The molecule has 2 aromatic carbocycles. The maximum atomic E-state index is 12.1. The number of aryl methyl sites for hydroxylation is 1. The summed E-state index contributed by atoms with van der Waals surface area (Å²) in [6.45, 7) is 2.02. The zero-order valence-corrected chi connectivity index (χ0v) is 13.4. The number of benzene rings is 2. The second-order valence-corrected chi connectivity index (χ2v) is 5.75. The maximum absolute atomic E-state index is 12.1. The third kappa shape index (κ3) is 3.23. The van der Waals surface area contributed by atoms with Gasteiger partial charge in [0.05, 0.1) is 0 Å². The highest BCUT2D eigenvalue weighted by Gasteiger charge is 2.10. The number of aromatic amines is 1. The quantitative estimate of drug-likeness (QED) is 0.749.